The molecule has 4 nitrogen and oxygen atoms in total. The van der Waals surface area contributed by atoms with Crippen LogP contribution >= 0.6 is 0 Å². The summed E-state index contributed by atoms with van der Waals surface area (Å²) in [5.74, 6) is -0.627. The summed E-state index contributed by atoms with van der Waals surface area (Å²) in [6.45, 7) is 13.8. The first-order valence-electron chi connectivity index (χ1n) is 8.21. The van der Waals surface area contributed by atoms with E-state index >= 15 is 0 Å². The van der Waals surface area contributed by atoms with Crippen molar-refractivity contribution in [1.82, 2.24) is 0 Å². The minimum atomic E-state index is -0.742. The second kappa shape index (κ2) is 8.66. The van der Waals surface area contributed by atoms with Crippen LogP contribution in [0, 0.1) is 11.8 Å². The van der Waals surface area contributed by atoms with Gasteiger partial charge in [0.05, 0.1) is 5.92 Å². The highest BCUT2D eigenvalue weighted by atomic mass is 16.4. The molecule has 0 saturated carbocycles. The Bertz CT molecular complexity index is 453. The third-order valence-corrected chi connectivity index (χ3v) is 3.84. The molecule has 0 aliphatic carbocycles. The summed E-state index contributed by atoms with van der Waals surface area (Å²) in [6, 6.07) is 8.46. The van der Waals surface area contributed by atoms with E-state index in [4.69, 9.17) is 5.11 Å². The normalized spacial score (nSPS) is 12.3. The lowest BCUT2D eigenvalue weighted by molar-refractivity contribution is -0.140. The smallest absolute Gasteiger partial charge is 0.308 e. The topological polar surface area (TPSA) is 43.8 Å². The van der Waals surface area contributed by atoms with Gasteiger partial charge in [0, 0.05) is 37.6 Å². The third-order valence-electron chi connectivity index (χ3n) is 3.84. The van der Waals surface area contributed by atoms with Gasteiger partial charge in [-0.05, 0) is 44.0 Å². The van der Waals surface area contributed by atoms with E-state index in [0.717, 1.165) is 25.3 Å². The van der Waals surface area contributed by atoms with Crippen LogP contribution in [0.2, 0.25) is 0 Å². The van der Waals surface area contributed by atoms with Gasteiger partial charge in [-0.1, -0.05) is 20.8 Å². The number of aliphatic carboxylic acids is 1. The van der Waals surface area contributed by atoms with Gasteiger partial charge in [0.2, 0.25) is 0 Å². The molecule has 0 amide bonds. The van der Waals surface area contributed by atoms with Gasteiger partial charge in [-0.2, -0.15) is 0 Å². The molecule has 0 aromatic heterocycles. The van der Waals surface area contributed by atoms with Gasteiger partial charge in [-0.3, -0.25) is 4.79 Å². The second-order valence-corrected chi connectivity index (χ2v) is 6.23. The fraction of sp³-hybridized carbons (Fsp3) is 0.611. The summed E-state index contributed by atoms with van der Waals surface area (Å²) in [4.78, 5) is 15.6. The fourth-order valence-electron chi connectivity index (χ4n) is 2.60. The van der Waals surface area contributed by atoms with Crippen LogP contribution in [-0.2, 0) is 4.79 Å². The Kier molecular flexibility index (Phi) is 7.22. The Morgan fingerprint density at radius 2 is 1.41 bits per heavy atom. The molecule has 1 aromatic carbocycles. The number of rotatable bonds is 9. The van der Waals surface area contributed by atoms with Crippen LogP contribution in [0.1, 0.15) is 34.6 Å². The Balaban J connectivity index is 2.92. The van der Waals surface area contributed by atoms with Gasteiger partial charge < -0.3 is 14.9 Å². The summed E-state index contributed by atoms with van der Waals surface area (Å²) in [6.07, 6.45) is 0. The molecule has 0 bridgehead atoms. The molecule has 0 spiro atoms. The van der Waals surface area contributed by atoms with Crippen LogP contribution in [-0.4, -0.2) is 37.3 Å². The second-order valence-electron chi connectivity index (χ2n) is 6.23. The molecule has 124 valence electrons. The van der Waals surface area contributed by atoms with E-state index in [9.17, 15) is 4.79 Å². The van der Waals surface area contributed by atoms with Crippen molar-refractivity contribution >= 4 is 17.3 Å². The zero-order valence-electron chi connectivity index (χ0n) is 14.5. The van der Waals surface area contributed by atoms with Crippen LogP contribution in [0.3, 0.4) is 0 Å². The average molecular weight is 306 g/mol. The molecule has 22 heavy (non-hydrogen) atoms. The lowest BCUT2D eigenvalue weighted by atomic mass is 10.1. The van der Waals surface area contributed by atoms with Crippen molar-refractivity contribution in [3.05, 3.63) is 24.3 Å². The Morgan fingerprint density at radius 3 is 1.77 bits per heavy atom. The largest absolute Gasteiger partial charge is 0.481 e. The summed E-state index contributed by atoms with van der Waals surface area (Å²) >= 11 is 0. The molecule has 0 heterocycles. The van der Waals surface area contributed by atoms with Crippen molar-refractivity contribution < 1.29 is 9.90 Å². The van der Waals surface area contributed by atoms with Gasteiger partial charge >= 0.3 is 5.97 Å². The predicted molar refractivity (Wildman–Crippen MR) is 93.9 cm³/mol. The maximum atomic E-state index is 11.1. The molecule has 0 aliphatic rings. The van der Waals surface area contributed by atoms with Crippen molar-refractivity contribution in [3.63, 3.8) is 0 Å². The summed E-state index contributed by atoms with van der Waals surface area (Å²) in [5.41, 5.74) is 2.31. The molecular weight excluding hydrogens is 276 g/mol. The van der Waals surface area contributed by atoms with Crippen LogP contribution in [0.25, 0.3) is 0 Å². The van der Waals surface area contributed by atoms with Crippen molar-refractivity contribution in [3.8, 4) is 0 Å². The van der Waals surface area contributed by atoms with Crippen molar-refractivity contribution in [2.45, 2.75) is 34.6 Å². The zero-order valence-corrected chi connectivity index (χ0v) is 14.5. The van der Waals surface area contributed by atoms with Crippen molar-refractivity contribution in [1.29, 1.82) is 0 Å². The maximum absolute atomic E-state index is 11.1. The molecule has 1 N–H and O–H groups in total. The predicted octanol–water partition coefficient (Wildman–Crippen LogP) is 3.72. The van der Waals surface area contributed by atoms with E-state index < -0.39 is 5.97 Å². The monoisotopic (exact) mass is 306 g/mol. The standard InChI is InChI=1S/C18H30N2O2/c1-6-19(7-2)16-8-10-17(11-9-16)20(12-14(3)4)13-15(5)18(21)22/h8-11,14-15H,6-7,12-13H2,1-5H3,(H,21,22). The first kappa shape index (κ1) is 18.3. The maximum Gasteiger partial charge on any atom is 0.308 e. The van der Waals surface area contributed by atoms with Crippen LogP contribution < -0.4 is 9.80 Å². The Labute approximate surface area is 134 Å². The number of carbonyl (C=O) groups is 1. The molecule has 0 fully saturated rings. The van der Waals surface area contributed by atoms with Gasteiger partial charge in [0.15, 0.2) is 0 Å². The summed E-state index contributed by atoms with van der Waals surface area (Å²) < 4.78 is 0. The summed E-state index contributed by atoms with van der Waals surface area (Å²) in [7, 11) is 0. The molecule has 1 unspecified atom stereocenters. The molecular formula is C18H30N2O2. The minimum Gasteiger partial charge on any atom is -0.481 e. The number of nitrogens with zero attached hydrogens (tertiary/aromatic N) is 2. The van der Waals surface area contributed by atoms with Crippen LogP contribution in [0.15, 0.2) is 24.3 Å². The molecule has 0 radical (unpaired) electrons. The SMILES string of the molecule is CCN(CC)c1ccc(N(CC(C)C)CC(C)C(=O)O)cc1. The fourth-order valence-corrected chi connectivity index (χ4v) is 2.60. The van der Waals surface area contributed by atoms with Gasteiger partial charge in [-0.15, -0.1) is 0 Å². The van der Waals surface area contributed by atoms with Gasteiger partial charge in [0.1, 0.15) is 0 Å². The Morgan fingerprint density at radius 1 is 0.955 bits per heavy atom. The quantitative estimate of drug-likeness (QED) is 0.755. The Hall–Kier alpha value is -1.71. The molecule has 1 atom stereocenters. The van der Waals surface area contributed by atoms with E-state index in [2.05, 4.69) is 61.8 Å². The summed E-state index contributed by atoms with van der Waals surface area (Å²) in [5, 5.41) is 9.16. The average Bonchev–Trinajstić information content (AvgIpc) is 2.48. The number of hydrogen-bond donors (Lipinski definition) is 1. The van der Waals surface area contributed by atoms with E-state index in [1.165, 1.54) is 5.69 Å². The molecule has 4 heteroatoms. The highest BCUT2D eigenvalue weighted by Crippen LogP contribution is 2.22. The number of hydrogen-bond acceptors (Lipinski definition) is 3. The zero-order chi connectivity index (χ0) is 16.7. The van der Waals surface area contributed by atoms with E-state index in [-0.39, 0.29) is 5.92 Å². The molecule has 1 rings (SSSR count). The van der Waals surface area contributed by atoms with E-state index in [1.807, 2.05) is 0 Å². The number of anilines is 2. The molecule has 0 aliphatic heterocycles. The van der Waals surface area contributed by atoms with Crippen molar-refractivity contribution in [2.24, 2.45) is 11.8 Å². The van der Waals surface area contributed by atoms with Crippen molar-refractivity contribution in [2.75, 3.05) is 36.0 Å². The molecule has 0 saturated heterocycles. The van der Waals surface area contributed by atoms with E-state index in [1.54, 1.807) is 6.92 Å². The lowest BCUT2D eigenvalue weighted by Crippen LogP contribution is -2.34. The third kappa shape index (κ3) is 5.24. The number of benzene rings is 1. The number of carboxylic acid groups (broad SMARTS) is 1. The van der Waals surface area contributed by atoms with Crippen LogP contribution in [0.5, 0.6) is 0 Å². The lowest BCUT2D eigenvalue weighted by Gasteiger charge is -2.29. The highest BCUT2D eigenvalue weighted by molar-refractivity contribution is 5.70. The molecule has 1 aromatic rings. The van der Waals surface area contributed by atoms with Gasteiger partial charge in [0.25, 0.3) is 0 Å². The highest BCUT2D eigenvalue weighted by Gasteiger charge is 2.17. The van der Waals surface area contributed by atoms with E-state index in [0.29, 0.717) is 12.5 Å². The first-order valence-corrected chi connectivity index (χ1v) is 8.21. The minimum absolute atomic E-state index is 0.374. The number of carboxylic acids is 1. The first-order chi connectivity index (χ1) is 10.4. The van der Waals surface area contributed by atoms with Gasteiger partial charge in [-0.25, -0.2) is 0 Å². The van der Waals surface area contributed by atoms with Crippen LogP contribution in [0.4, 0.5) is 11.4 Å².